The van der Waals surface area contributed by atoms with Gasteiger partial charge >= 0.3 is 0 Å². The van der Waals surface area contributed by atoms with E-state index in [1.807, 2.05) is 26.0 Å². The van der Waals surface area contributed by atoms with Gasteiger partial charge < -0.3 is 4.42 Å². The predicted molar refractivity (Wildman–Crippen MR) is 110 cm³/mol. The Labute approximate surface area is 171 Å². The Balaban J connectivity index is 1.62. The van der Waals surface area contributed by atoms with E-state index in [1.165, 1.54) is 23.2 Å². The van der Waals surface area contributed by atoms with Gasteiger partial charge in [-0.3, -0.25) is 25.1 Å². The van der Waals surface area contributed by atoms with Crippen LogP contribution in [0.15, 0.2) is 64.6 Å². The van der Waals surface area contributed by atoms with E-state index in [0.717, 1.165) is 11.1 Å². The fourth-order valence-electron chi connectivity index (χ4n) is 3.10. The highest BCUT2D eigenvalue weighted by atomic mass is 16.6. The number of benzene rings is 2. The smallest absolute Gasteiger partial charge is 0.282 e. The number of non-ortho nitro benzene ring substituents is 1. The summed E-state index contributed by atoms with van der Waals surface area (Å²) >= 11 is 0. The van der Waals surface area contributed by atoms with Crippen LogP contribution in [0.5, 0.6) is 0 Å². The van der Waals surface area contributed by atoms with Gasteiger partial charge in [-0.25, -0.2) is 5.01 Å². The molecule has 0 spiro atoms. The molecule has 1 aliphatic heterocycles. The number of amides is 2. The molecule has 2 heterocycles. The maximum Gasteiger partial charge on any atom is 0.282 e. The quantitative estimate of drug-likeness (QED) is 0.307. The molecule has 0 radical (unpaired) electrons. The summed E-state index contributed by atoms with van der Waals surface area (Å²) in [6.07, 6.45) is 1.36. The number of aryl methyl sites for hydroxylation is 2. The highest BCUT2D eigenvalue weighted by molar-refractivity contribution is 6.31. The zero-order valence-corrected chi connectivity index (χ0v) is 16.2. The van der Waals surface area contributed by atoms with Crippen molar-refractivity contribution in [2.75, 3.05) is 5.01 Å². The largest absolute Gasteiger partial charge is 0.457 e. The van der Waals surface area contributed by atoms with E-state index in [0.29, 0.717) is 17.0 Å². The SMILES string of the molecule is Cc1ccc(N2NC(=O)/C(=C\c3ccc(-c4cccc([N+](=O)[O-])c4)o3)C2=O)cc1C. The number of nitrogens with one attached hydrogen (secondary N) is 1. The van der Waals surface area contributed by atoms with Gasteiger partial charge in [-0.1, -0.05) is 18.2 Å². The molecule has 1 aromatic heterocycles. The second kappa shape index (κ2) is 7.32. The van der Waals surface area contributed by atoms with Crippen molar-refractivity contribution in [3.63, 3.8) is 0 Å². The van der Waals surface area contributed by atoms with E-state index < -0.39 is 16.7 Å². The molecule has 0 atom stereocenters. The van der Waals surface area contributed by atoms with E-state index in [9.17, 15) is 19.7 Å². The van der Waals surface area contributed by atoms with Gasteiger partial charge in [0.2, 0.25) is 0 Å². The lowest BCUT2D eigenvalue weighted by Crippen LogP contribution is -2.35. The third-order valence-corrected chi connectivity index (χ3v) is 4.90. The number of carbonyl (C=O) groups excluding carboxylic acids is 2. The summed E-state index contributed by atoms with van der Waals surface area (Å²) in [5.41, 5.74) is 5.60. The van der Waals surface area contributed by atoms with Gasteiger partial charge in [0.25, 0.3) is 17.5 Å². The Kier molecular flexibility index (Phi) is 4.67. The number of nitrogens with zero attached hydrogens (tertiary/aromatic N) is 2. The number of hydrazine groups is 1. The lowest BCUT2D eigenvalue weighted by Gasteiger charge is -2.15. The summed E-state index contributed by atoms with van der Waals surface area (Å²) in [6.45, 7) is 3.89. The van der Waals surface area contributed by atoms with E-state index >= 15 is 0 Å². The molecule has 8 heteroatoms. The van der Waals surface area contributed by atoms with Crippen LogP contribution in [0.4, 0.5) is 11.4 Å². The molecule has 30 heavy (non-hydrogen) atoms. The molecule has 1 fully saturated rings. The maximum absolute atomic E-state index is 12.8. The van der Waals surface area contributed by atoms with Crippen LogP contribution < -0.4 is 10.4 Å². The Morgan fingerprint density at radius 2 is 1.83 bits per heavy atom. The number of hydrogen-bond donors (Lipinski definition) is 1. The molecule has 8 nitrogen and oxygen atoms in total. The molecule has 150 valence electrons. The van der Waals surface area contributed by atoms with Crippen LogP contribution in [0, 0.1) is 24.0 Å². The topological polar surface area (TPSA) is 106 Å². The minimum Gasteiger partial charge on any atom is -0.457 e. The minimum absolute atomic E-state index is 0.0572. The summed E-state index contributed by atoms with van der Waals surface area (Å²) < 4.78 is 5.69. The van der Waals surface area contributed by atoms with Crippen LogP contribution in [0.2, 0.25) is 0 Å². The summed E-state index contributed by atoms with van der Waals surface area (Å²) in [6, 6.07) is 14.7. The standard InChI is InChI=1S/C22H17N3O5/c1-13-6-7-16(10-14(13)2)24-22(27)19(21(26)23-24)12-18-8-9-20(30-18)15-4-3-5-17(11-15)25(28)29/h3-12H,1-2H3,(H,23,26)/b19-12+. The van der Waals surface area contributed by atoms with Crippen LogP contribution in [-0.4, -0.2) is 16.7 Å². The first-order valence-corrected chi connectivity index (χ1v) is 9.12. The molecule has 0 saturated carbocycles. The predicted octanol–water partition coefficient (Wildman–Crippen LogP) is 3.93. The zero-order valence-electron chi connectivity index (χ0n) is 16.2. The fraction of sp³-hybridized carbons (Fsp3) is 0.0909. The Hall–Kier alpha value is -4.20. The summed E-state index contributed by atoms with van der Waals surface area (Å²) in [5.74, 6) is -0.345. The number of nitro benzene ring substituents is 1. The summed E-state index contributed by atoms with van der Waals surface area (Å²) in [7, 11) is 0. The van der Waals surface area contributed by atoms with Gasteiger partial charge in [0.15, 0.2) is 0 Å². The van der Waals surface area contributed by atoms with Crippen molar-refractivity contribution in [3.8, 4) is 11.3 Å². The van der Waals surface area contributed by atoms with Crippen molar-refractivity contribution in [1.29, 1.82) is 0 Å². The minimum atomic E-state index is -0.536. The van der Waals surface area contributed by atoms with Gasteiger partial charge in [-0.15, -0.1) is 0 Å². The Morgan fingerprint density at radius 1 is 1.03 bits per heavy atom. The normalized spacial score (nSPS) is 15.0. The highest BCUT2D eigenvalue weighted by Crippen LogP contribution is 2.28. The first-order valence-electron chi connectivity index (χ1n) is 9.12. The van der Waals surface area contributed by atoms with Gasteiger partial charge in [-0.05, 0) is 55.3 Å². The molecule has 0 bridgehead atoms. The molecular weight excluding hydrogens is 386 g/mol. The van der Waals surface area contributed by atoms with Crippen molar-refractivity contribution in [1.82, 2.24) is 5.43 Å². The first-order chi connectivity index (χ1) is 14.3. The van der Waals surface area contributed by atoms with Crippen LogP contribution in [0.25, 0.3) is 17.4 Å². The van der Waals surface area contributed by atoms with Crippen LogP contribution in [-0.2, 0) is 9.59 Å². The highest BCUT2D eigenvalue weighted by Gasteiger charge is 2.34. The molecule has 2 amide bonds. The van der Waals surface area contributed by atoms with Crippen LogP contribution in [0.3, 0.4) is 0 Å². The summed E-state index contributed by atoms with van der Waals surface area (Å²) in [5, 5.41) is 12.2. The van der Waals surface area contributed by atoms with E-state index in [1.54, 1.807) is 30.3 Å². The van der Waals surface area contributed by atoms with Gasteiger partial charge in [0, 0.05) is 17.7 Å². The number of rotatable bonds is 4. The van der Waals surface area contributed by atoms with Gasteiger partial charge in [-0.2, -0.15) is 0 Å². The number of furan rings is 1. The molecule has 1 saturated heterocycles. The first kappa shape index (κ1) is 19.1. The van der Waals surface area contributed by atoms with Crippen molar-refractivity contribution in [2.24, 2.45) is 0 Å². The molecule has 3 aromatic rings. The second-order valence-corrected chi connectivity index (χ2v) is 6.92. The molecule has 4 rings (SSSR count). The van der Waals surface area contributed by atoms with Crippen molar-refractivity contribution < 1.29 is 18.9 Å². The maximum atomic E-state index is 12.8. The van der Waals surface area contributed by atoms with Crippen LogP contribution >= 0.6 is 0 Å². The van der Waals surface area contributed by atoms with Crippen molar-refractivity contribution in [3.05, 3.63) is 87.2 Å². The summed E-state index contributed by atoms with van der Waals surface area (Å²) in [4.78, 5) is 35.6. The number of anilines is 1. The van der Waals surface area contributed by atoms with Crippen molar-refractivity contribution >= 4 is 29.3 Å². The fourth-order valence-corrected chi connectivity index (χ4v) is 3.10. The third kappa shape index (κ3) is 3.46. The lowest BCUT2D eigenvalue weighted by atomic mass is 10.1. The average Bonchev–Trinajstić information content (AvgIpc) is 3.30. The average molecular weight is 403 g/mol. The molecule has 1 aliphatic rings. The number of carbonyl (C=O) groups is 2. The van der Waals surface area contributed by atoms with Gasteiger partial charge in [0.05, 0.1) is 10.6 Å². The molecular formula is C22H17N3O5. The molecule has 1 N–H and O–H groups in total. The molecule has 0 unspecified atom stereocenters. The zero-order chi connectivity index (χ0) is 21.4. The monoisotopic (exact) mass is 403 g/mol. The van der Waals surface area contributed by atoms with E-state index in [-0.39, 0.29) is 17.0 Å². The molecule has 2 aromatic carbocycles. The number of hydrogen-bond acceptors (Lipinski definition) is 5. The van der Waals surface area contributed by atoms with Crippen molar-refractivity contribution in [2.45, 2.75) is 13.8 Å². The Morgan fingerprint density at radius 3 is 2.57 bits per heavy atom. The van der Waals surface area contributed by atoms with Gasteiger partial charge in [0.1, 0.15) is 17.1 Å². The number of nitro groups is 1. The third-order valence-electron chi connectivity index (χ3n) is 4.90. The van der Waals surface area contributed by atoms with Crippen LogP contribution in [0.1, 0.15) is 16.9 Å². The molecule has 0 aliphatic carbocycles. The Bertz CT molecular complexity index is 1230. The van der Waals surface area contributed by atoms with E-state index in [2.05, 4.69) is 5.43 Å². The second-order valence-electron chi connectivity index (χ2n) is 6.92. The lowest BCUT2D eigenvalue weighted by molar-refractivity contribution is -0.384. The van der Waals surface area contributed by atoms with E-state index in [4.69, 9.17) is 4.42 Å².